The standard InChI is InChI=1S/C21H17F3N2OS/c1-26(18-10-9-13-5-2-3-8-16(13)18)20(27)17-12-28-19(25-17)14-6-4-7-15(11-14)21(22,23)24/h2-8,11-12,18H,9-10H2,1H3. The Morgan fingerprint density at radius 1 is 1.18 bits per heavy atom. The number of carbonyl (C=O) groups excluding carboxylic acids is 1. The molecule has 0 N–H and O–H groups in total. The highest BCUT2D eigenvalue weighted by molar-refractivity contribution is 7.13. The number of aromatic nitrogens is 1. The molecule has 0 radical (unpaired) electrons. The second-order valence-electron chi connectivity index (χ2n) is 6.79. The summed E-state index contributed by atoms with van der Waals surface area (Å²) in [5.41, 5.74) is 2.27. The van der Waals surface area contributed by atoms with Gasteiger partial charge in [-0.3, -0.25) is 4.79 Å². The number of halogens is 3. The molecule has 1 amide bonds. The van der Waals surface area contributed by atoms with Crippen LogP contribution in [0.2, 0.25) is 0 Å². The molecule has 3 nitrogen and oxygen atoms in total. The van der Waals surface area contributed by atoms with Gasteiger partial charge in [-0.15, -0.1) is 11.3 Å². The first-order valence-corrected chi connectivity index (χ1v) is 9.70. The summed E-state index contributed by atoms with van der Waals surface area (Å²) in [5.74, 6) is -0.226. The van der Waals surface area contributed by atoms with E-state index in [0.717, 1.165) is 30.5 Å². The minimum atomic E-state index is -4.41. The van der Waals surface area contributed by atoms with Crippen molar-refractivity contribution in [2.45, 2.75) is 25.1 Å². The molecule has 144 valence electrons. The maximum Gasteiger partial charge on any atom is 0.416 e. The van der Waals surface area contributed by atoms with Gasteiger partial charge < -0.3 is 4.90 Å². The Morgan fingerprint density at radius 3 is 2.75 bits per heavy atom. The summed E-state index contributed by atoms with van der Waals surface area (Å²) in [4.78, 5) is 18.9. The lowest BCUT2D eigenvalue weighted by atomic mass is 10.1. The molecule has 1 aliphatic rings. The van der Waals surface area contributed by atoms with Crippen LogP contribution in [0.3, 0.4) is 0 Å². The minimum absolute atomic E-state index is 0.0117. The highest BCUT2D eigenvalue weighted by Crippen LogP contribution is 2.36. The molecule has 4 rings (SSSR count). The van der Waals surface area contributed by atoms with Crippen LogP contribution in [-0.2, 0) is 12.6 Å². The van der Waals surface area contributed by atoms with Gasteiger partial charge in [0.2, 0.25) is 0 Å². The van der Waals surface area contributed by atoms with E-state index in [1.807, 2.05) is 18.2 Å². The summed E-state index contributed by atoms with van der Waals surface area (Å²) in [6.07, 6.45) is -2.64. The van der Waals surface area contributed by atoms with E-state index in [1.54, 1.807) is 23.4 Å². The maximum atomic E-state index is 12.9. The summed E-state index contributed by atoms with van der Waals surface area (Å²) < 4.78 is 38.8. The predicted octanol–water partition coefficient (Wildman–Crippen LogP) is 5.59. The Bertz CT molecular complexity index is 1030. The molecule has 0 fully saturated rings. The maximum absolute atomic E-state index is 12.9. The zero-order valence-corrected chi connectivity index (χ0v) is 15.8. The third kappa shape index (κ3) is 3.42. The molecule has 2 aromatic carbocycles. The molecule has 0 spiro atoms. The number of hydrogen-bond donors (Lipinski definition) is 0. The van der Waals surface area contributed by atoms with Crippen LogP contribution in [0.25, 0.3) is 10.6 Å². The van der Waals surface area contributed by atoms with Crippen molar-refractivity contribution in [3.05, 3.63) is 76.3 Å². The van der Waals surface area contributed by atoms with Crippen molar-refractivity contribution in [1.82, 2.24) is 9.88 Å². The molecule has 1 heterocycles. The topological polar surface area (TPSA) is 33.2 Å². The largest absolute Gasteiger partial charge is 0.416 e. The van der Waals surface area contributed by atoms with Gasteiger partial charge in [-0.1, -0.05) is 36.4 Å². The van der Waals surface area contributed by atoms with Gasteiger partial charge in [-0.25, -0.2) is 4.98 Å². The third-order valence-corrected chi connectivity index (χ3v) is 5.94. The number of rotatable bonds is 3. The summed E-state index contributed by atoms with van der Waals surface area (Å²) in [6.45, 7) is 0. The number of fused-ring (bicyclic) bond motifs is 1. The minimum Gasteiger partial charge on any atom is -0.333 e. The smallest absolute Gasteiger partial charge is 0.333 e. The van der Waals surface area contributed by atoms with Crippen molar-refractivity contribution in [3.63, 3.8) is 0 Å². The van der Waals surface area contributed by atoms with Gasteiger partial charge >= 0.3 is 6.18 Å². The molecule has 0 saturated heterocycles. The van der Waals surface area contributed by atoms with Crippen LogP contribution in [0.15, 0.2) is 53.9 Å². The van der Waals surface area contributed by atoms with Gasteiger partial charge in [0.1, 0.15) is 10.7 Å². The van der Waals surface area contributed by atoms with Gasteiger partial charge in [-0.2, -0.15) is 13.2 Å². The number of hydrogen-bond acceptors (Lipinski definition) is 3. The zero-order chi connectivity index (χ0) is 19.9. The van der Waals surface area contributed by atoms with Crippen molar-refractivity contribution in [1.29, 1.82) is 0 Å². The van der Waals surface area contributed by atoms with Crippen LogP contribution in [0, 0.1) is 0 Å². The Morgan fingerprint density at radius 2 is 1.96 bits per heavy atom. The fourth-order valence-corrected chi connectivity index (χ4v) is 4.38. The molecule has 1 aromatic heterocycles. The van der Waals surface area contributed by atoms with Crippen LogP contribution in [0.4, 0.5) is 13.2 Å². The second-order valence-corrected chi connectivity index (χ2v) is 7.64. The van der Waals surface area contributed by atoms with Gasteiger partial charge in [0.15, 0.2) is 0 Å². The Hall–Kier alpha value is -2.67. The summed E-state index contributed by atoms with van der Waals surface area (Å²) in [7, 11) is 1.75. The van der Waals surface area contributed by atoms with Gasteiger partial charge in [0.25, 0.3) is 5.91 Å². The molecule has 1 atom stereocenters. The lowest BCUT2D eigenvalue weighted by molar-refractivity contribution is -0.137. The van der Waals surface area contributed by atoms with Crippen molar-refractivity contribution < 1.29 is 18.0 Å². The number of aryl methyl sites for hydroxylation is 1. The van der Waals surface area contributed by atoms with Gasteiger partial charge in [0.05, 0.1) is 11.6 Å². The van der Waals surface area contributed by atoms with Gasteiger partial charge in [0, 0.05) is 18.0 Å². The predicted molar refractivity (Wildman–Crippen MR) is 102 cm³/mol. The van der Waals surface area contributed by atoms with Crippen LogP contribution < -0.4 is 0 Å². The third-order valence-electron chi connectivity index (χ3n) is 5.05. The van der Waals surface area contributed by atoms with Crippen molar-refractivity contribution >= 4 is 17.2 Å². The van der Waals surface area contributed by atoms with E-state index in [0.29, 0.717) is 10.6 Å². The SMILES string of the molecule is CN(C(=O)c1csc(-c2cccc(C(F)(F)F)c2)n1)C1CCc2ccccc21. The van der Waals surface area contributed by atoms with E-state index >= 15 is 0 Å². The molecule has 7 heteroatoms. The first-order valence-electron chi connectivity index (χ1n) is 8.82. The monoisotopic (exact) mass is 402 g/mol. The summed E-state index contributed by atoms with van der Waals surface area (Å²) in [5, 5.41) is 2.00. The molecule has 3 aromatic rings. The van der Waals surface area contributed by atoms with Crippen LogP contribution >= 0.6 is 11.3 Å². The van der Waals surface area contributed by atoms with E-state index in [4.69, 9.17) is 0 Å². The second kappa shape index (κ2) is 7.05. The fourth-order valence-electron chi connectivity index (χ4n) is 3.59. The van der Waals surface area contributed by atoms with E-state index < -0.39 is 11.7 Å². The molecule has 0 saturated carbocycles. The van der Waals surface area contributed by atoms with E-state index in [1.165, 1.54) is 23.0 Å². The number of alkyl halides is 3. The Labute approximate surface area is 164 Å². The highest BCUT2D eigenvalue weighted by atomic mass is 32.1. The normalized spacial score (nSPS) is 16.1. The van der Waals surface area contributed by atoms with E-state index in [-0.39, 0.29) is 17.6 Å². The quantitative estimate of drug-likeness (QED) is 0.572. The van der Waals surface area contributed by atoms with Crippen molar-refractivity contribution in [2.75, 3.05) is 7.05 Å². The van der Waals surface area contributed by atoms with Crippen LogP contribution in [-0.4, -0.2) is 22.8 Å². The summed E-state index contributed by atoms with van der Waals surface area (Å²) in [6, 6.07) is 13.0. The van der Waals surface area contributed by atoms with Crippen molar-refractivity contribution in [3.8, 4) is 10.6 Å². The number of carbonyl (C=O) groups is 1. The molecule has 1 aliphatic carbocycles. The number of nitrogens with zero attached hydrogens (tertiary/aromatic N) is 2. The lowest BCUT2D eigenvalue weighted by Gasteiger charge is -2.24. The molecular formula is C21H17F3N2OS. The Kier molecular flexibility index (Phi) is 4.71. The lowest BCUT2D eigenvalue weighted by Crippen LogP contribution is -2.30. The Balaban J connectivity index is 1.57. The molecule has 28 heavy (non-hydrogen) atoms. The van der Waals surface area contributed by atoms with E-state index in [2.05, 4.69) is 11.1 Å². The zero-order valence-electron chi connectivity index (χ0n) is 15.0. The summed E-state index contributed by atoms with van der Waals surface area (Å²) >= 11 is 1.17. The first kappa shape index (κ1) is 18.7. The highest BCUT2D eigenvalue weighted by Gasteiger charge is 2.31. The molecule has 0 aliphatic heterocycles. The molecule has 0 bridgehead atoms. The van der Waals surface area contributed by atoms with Crippen LogP contribution in [0.1, 0.15) is 39.6 Å². The van der Waals surface area contributed by atoms with Crippen molar-refractivity contribution in [2.24, 2.45) is 0 Å². The van der Waals surface area contributed by atoms with Gasteiger partial charge in [-0.05, 0) is 36.1 Å². The number of benzene rings is 2. The average Bonchev–Trinajstić information content (AvgIpc) is 3.34. The molecule has 1 unspecified atom stereocenters. The van der Waals surface area contributed by atoms with Crippen LogP contribution in [0.5, 0.6) is 0 Å². The molecular weight excluding hydrogens is 385 g/mol. The number of amides is 1. The first-order chi connectivity index (χ1) is 13.3. The number of thiazole rings is 1. The average molecular weight is 402 g/mol. The van der Waals surface area contributed by atoms with E-state index in [9.17, 15) is 18.0 Å². The fraction of sp³-hybridized carbons (Fsp3) is 0.238.